The minimum absolute atomic E-state index is 0.316. The van der Waals surface area contributed by atoms with E-state index >= 15 is 0 Å². The molecule has 1 fully saturated rings. The molecule has 212 valence electrons. The number of carboxylic acid groups (broad SMARTS) is 1. The van der Waals surface area contributed by atoms with Crippen molar-refractivity contribution in [1.82, 2.24) is 14.9 Å². The highest BCUT2D eigenvalue weighted by Crippen LogP contribution is 2.23. The molecule has 0 aliphatic carbocycles. The molecule has 1 aromatic heterocycles. The summed E-state index contributed by atoms with van der Waals surface area (Å²) >= 11 is 1.79. The van der Waals surface area contributed by atoms with Gasteiger partial charge < -0.3 is 15.3 Å². The van der Waals surface area contributed by atoms with E-state index in [0.717, 1.165) is 50.3 Å². The molecular formula is C27H32F3N3O4S2. The average Bonchev–Trinajstić information content (AvgIpc) is 3.61. The van der Waals surface area contributed by atoms with Gasteiger partial charge in [0.15, 0.2) is 0 Å². The Labute approximate surface area is 230 Å². The number of likely N-dealkylation sites (tertiary alicyclic amines) is 1. The molecule has 12 heteroatoms. The van der Waals surface area contributed by atoms with Gasteiger partial charge >= 0.3 is 12.1 Å². The van der Waals surface area contributed by atoms with Crippen molar-refractivity contribution in [3.05, 3.63) is 76.5 Å². The first-order valence-corrected chi connectivity index (χ1v) is 14.9. The normalized spacial score (nSPS) is 14.1. The fraction of sp³-hybridized carbons (Fsp3) is 0.370. The van der Waals surface area contributed by atoms with Crippen LogP contribution in [-0.2, 0) is 27.8 Å². The van der Waals surface area contributed by atoms with E-state index < -0.39 is 22.2 Å². The predicted octanol–water partition coefficient (Wildman–Crippen LogP) is 4.75. The van der Waals surface area contributed by atoms with Crippen molar-refractivity contribution in [1.29, 1.82) is 0 Å². The van der Waals surface area contributed by atoms with E-state index in [4.69, 9.17) is 9.90 Å². The molecule has 0 radical (unpaired) electrons. The lowest BCUT2D eigenvalue weighted by atomic mass is 10.0. The van der Waals surface area contributed by atoms with E-state index in [0.29, 0.717) is 11.4 Å². The number of benzene rings is 2. The van der Waals surface area contributed by atoms with Crippen LogP contribution < -0.4 is 10.0 Å². The van der Waals surface area contributed by atoms with Crippen LogP contribution in [0.4, 0.5) is 13.2 Å². The first kappa shape index (κ1) is 30.8. The first-order chi connectivity index (χ1) is 18.5. The second-order valence-electron chi connectivity index (χ2n) is 8.98. The fourth-order valence-corrected chi connectivity index (χ4v) is 5.81. The third kappa shape index (κ3) is 10.4. The van der Waals surface area contributed by atoms with E-state index in [1.807, 2.05) is 24.3 Å². The van der Waals surface area contributed by atoms with E-state index in [-0.39, 0.29) is 0 Å². The summed E-state index contributed by atoms with van der Waals surface area (Å²) < 4.78 is 60.1. The first-order valence-electron chi connectivity index (χ1n) is 12.5. The summed E-state index contributed by atoms with van der Waals surface area (Å²) in [5.41, 5.74) is 3.12. The molecule has 0 bridgehead atoms. The van der Waals surface area contributed by atoms with Crippen LogP contribution in [0.5, 0.6) is 0 Å². The van der Waals surface area contributed by atoms with Gasteiger partial charge in [0.25, 0.3) is 0 Å². The smallest absolute Gasteiger partial charge is 0.475 e. The van der Waals surface area contributed by atoms with Gasteiger partial charge in [-0.2, -0.15) is 13.2 Å². The summed E-state index contributed by atoms with van der Waals surface area (Å²) in [5.74, 6) is -2.76. The zero-order chi connectivity index (χ0) is 28.3. The molecule has 0 saturated carbocycles. The van der Waals surface area contributed by atoms with Gasteiger partial charge in [-0.1, -0.05) is 36.4 Å². The molecule has 0 spiro atoms. The predicted molar refractivity (Wildman–Crippen MR) is 146 cm³/mol. The third-order valence-electron chi connectivity index (χ3n) is 6.02. The standard InChI is InChI=1S/C25H31N3O2S2.C2HF3O2/c29-32(30,27-13-16-28-14-1-2-15-28)25-10-4-8-23(19-25)22-7-3-6-21(18-22)20-26-12-11-24-9-5-17-31-24;3-2(4,5)1(6)7/h3-10,17-19,26-27H,1-2,11-16,20H2;(H,6,7). The lowest BCUT2D eigenvalue weighted by Gasteiger charge is -2.15. The second kappa shape index (κ2) is 14.6. The molecule has 0 unspecified atom stereocenters. The van der Waals surface area contributed by atoms with Crippen molar-refractivity contribution >= 4 is 27.3 Å². The molecule has 1 saturated heterocycles. The van der Waals surface area contributed by atoms with Crippen molar-refractivity contribution in [2.24, 2.45) is 0 Å². The number of thiophene rings is 1. The Hall–Kier alpha value is -2.77. The molecule has 4 rings (SSSR count). The zero-order valence-corrected chi connectivity index (χ0v) is 22.9. The van der Waals surface area contributed by atoms with Gasteiger partial charge in [-0.25, -0.2) is 17.9 Å². The number of hydrogen-bond acceptors (Lipinski definition) is 6. The van der Waals surface area contributed by atoms with Crippen LogP contribution in [0.3, 0.4) is 0 Å². The number of aliphatic carboxylic acids is 1. The van der Waals surface area contributed by atoms with Crippen LogP contribution >= 0.6 is 11.3 Å². The molecule has 39 heavy (non-hydrogen) atoms. The van der Waals surface area contributed by atoms with E-state index in [9.17, 15) is 21.6 Å². The number of carbonyl (C=O) groups is 1. The van der Waals surface area contributed by atoms with E-state index in [2.05, 4.69) is 44.6 Å². The number of carboxylic acids is 1. The molecule has 2 heterocycles. The van der Waals surface area contributed by atoms with Gasteiger partial charge in [0.05, 0.1) is 4.90 Å². The minimum atomic E-state index is -5.08. The van der Waals surface area contributed by atoms with Crippen molar-refractivity contribution < 1.29 is 31.5 Å². The summed E-state index contributed by atoms with van der Waals surface area (Å²) in [6, 6.07) is 19.7. The highest BCUT2D eigenvalue weighted by molar-refractivity contribution is 7.89. The lowest BCUT2D eigenvalue weighted by Crippen LogP contribution is -2.33. The Bertz CT molecular complexity index is 1290. The molecule has 3 aromatic rings. The van der Waals surface area contributed by atoms with Gasteiger partial charge in [-0.15, -0.1) is 11.3 Å². The van der Waals surface area contributed by atoms with Crippen molar-refractivity contribution in [2.45, 2.75) is 36.9 Å². The molecule has 0 amide bonds. The largest absolute Gasteiger partial charge is 0.490 e. The van der Waals surface area contributed by atoms with Crippen LogP contribution in [0, 0.1) is 0 Å². The van der Waals surface area contributed by atoms with E-state index in [1.165, 1.54) is 23.3 Å². The highest BCUT2D eigenvalue weighted by atomic mass is 32.2. The SMILES string of the molecule is O=C(O)C(F)(F)F.O=S(=O)(NCCN1CCCC1)c1cccc(-c2cccc(CNCCc3cccs3)c2)c1. The summed E-state index contributed by atoms with van der Waals surface area (Å²) in [6.45, 7) is 5.06. The summed E-state index contributed by atoms with van der Waals surface area (Å²) in [7, 11) is -3.52. The number of alkyl halides is 3. The van der Waals surface area contributed by atoms with Gasteiger partial charge in [0.1, 0.15) is 0 Å². The molecular weight excluding hydrogens is 551 g/mol. The second-order valence-corrected chi connectivity index (χ2v) is 11.8. The fourth-order valence-electron chi connectivity index (χ4n) is 4.03. The van der Waals surface area contributed by atoms with Crippen LogP contribution in [0.2, 0.25) is 0 Å². The van der Waals surface area contributed by atoms with Crippen molar-refractivity contribution in [2.75, 3.05) is 32.7 Å². The molecule has 3 N–H and O–H groups in total. The van der Waals surface area contributed by atoms with Crippen molar-refractivity contribution in [3.63, 3.8) is 0 Å². The quantitative estimate of drug-likeness (QED) is 0.282. The number of nitrogens with zero attached hydrogens (tertiary/aromatic N) is 1. The number of halogens is 3. The third-order valence-corrected chi connectivity index (χ3v) is 8.42. The molecule has 0 atom stereocenters. The van der Waals surface area contributed by atoms with Gasteiger partial charge in [-0.05, 0) is 78.7 Å². The maximum atomic E-state index is 12.8. The Morgan fingerprint density at radius 2 is 1.64 bits per heavy atom. The Morgan fingerprint density at radius 3 is 2.28 bits per heavy atom. The Kier molecular flexibility index (Phi) is 11.5. The van der Waals surface area contributed by atoms with Crippen molar-refractivity contribution in [3.8, 4) is 11.1 Å². The maximum absolute atomic E-state index is 12.8. The molecule has 1 aliphatic rings. The monoisotopic (exact) mass is 583 g/mol. The van der Waals surface area contributed by atoms with Crippen LogP contribution in [-0.4, -0.2) is 63.3 Å². The zero-order valence-electron chi connectivity index (χ0n) is 21.3. The van der Waals surface area contributed by atoms with E-state index in [1.54, 1.807) is 23.5 Å². The highest BCUT2D eigenvalue weighted by Gasteiger charge is 2.38. The van der Waals surface area contributed by atoms with Gasteiger partial charge in [0, 0.05) is 31.1 Å². The number of rotatable bonds is 11. The summed E-state index contributed by atoms with van der Waals surface area (Å²) in [5, 5.41) is 12.7. The number of sulfonamides is 1. The molecule has 7 nitrogen and oxygen atoms in total. The molecule has 2 aromatic carbocycles. The number of nitrogens with one attached hydrogen (secondary N) is 2. The van der Waals surface area contributed by atoms with Crippen LogP contribution in [0.15, 0.2) is 70.9 Å². The molecule has 1 aliphatic heterocycles. The Morgan fingerprint density at radius 1 is 0.974 bits per heavy atom. The Balaban J connectivity index is 0.000000532. The van der Waals surface area contributed by atoms with Gasteiger partial charge in [-0.3, -0.25) is 0 Å². The number of hydrogen-bond donors (Lipinski definition) is 3. The lowest BCUT2D eigenvalue weighted by molar-refractivity contribution is -0.192. The van der Waals surface area contributed by atoms with Crippen LogP contribution in [0.25, 0.3) is 11.1 Å². The topological polar surface area (TPSA) is 98.7 Å². The summed E-state index contributed by atoms with van der Waals surface area (Å²) in [6.07, 6.45) is -1.64. The minimum Gasteiger partial charge on any atom is -0.475 e. The van der Waals surface area contributed by atoms with Crippen LogP contribution in [0.1, 0.15) is 23.3 Å². The average molecular weight is 584 g/mol. The van der Waals surface area contributed by atoms with Gasteiger partial charge in [0.2, 0.25) is 10.0 Å². The summed E-state index contributed by atoms with van der Waals surface area (Å²) in [4.78, 5) is 12.9. The maximum Gasteiger partial charge on any atom is 0.490 e.